The van der Waals surface area contributed by atoms with E-state index in [2.05, 4.69) is 13.8 Å². The normalized spacial score (nSPS) is 52.0. The Hall–Kier alpha value is -1.56. The molecule has 0 aromatic rings. The average Bonchev–Trinajstić information content (AvgIpc) is 3.44. The Kier molecular flexibility index (Phi) is 7.84. The zero-order valence-corrected chi connectivity index (χ0v) is 25.5. The van der Waals surface area contributed by atoms with Crippen molar-refractivity contribution >= 4 is 11.9 Å². The summed E-state index contributed by atoms with van der Waals surface area (Å²) in [5, 5.41) is 33.8. The van der Waals surface area contributed by atoms with Crippen LogP contribution < -0.4 is 0 Å². The summed E-state index contributed by atoms with van der Waals surface area (Å²) in [6, 6.07) is 0. The van der Waals surface area contributed by atoms with Crippen LogP contribution in [0.25, 0.3) is 0 Å². The second-order valence-electron chi connectivity index (χ2n) is 14.5. The molecule has 2 aliphatic heterocycles. The average molecular weight is 593 g/mol. The molecule has 0 bridgehead atoms. The predicted octanol–water partition coefficient (Wildman–Crippen LogP) is 2.65. The summed E-state index contributed by atoms with van der Waals surface area (Å²) in [6.07, 6.45) is 3.36. The molecule has 0 radical (unpaired) electrons. The smallest absolute Gasteiger partial charge is 0.331 e. The molecule has 5 fully saturated rings. The van der Waals surface area contributed by atoms with Crippen molar-refractivity contribution in [3.63, 3.8) is 0 Å². The Morgan fingerprint density at radius 2 is 1.83 bits per heavy atom. The lowest BCUT2D eigenvalue weighted by atomic mass is 9.43. The molecule has 2 heterocycles. The van der Waals surface area contributed by atoms with E-state index in [4.69, 9.17) is 23.7 Å². The Labute approximate surface area is 248 Å². The van der Waals surface area contributed by atoms with Gasteiger partial charge in [-0.15, -0.1) is 0 Å². The van der Waals surface area contributed by atoms with E-state index in [1.807, 2.05) is 0 Å². The van der Waals surface area contributed by atoms with Gasteiger partial charge in [-0.3, -0.25) is 4.79 Å². The molecule has 6 rings (SSSR count). The molecule has 236 valence electrons. The number of carbonyl (C=O) groups excluding carboxylic acids is 2. The van der Waals surface area contributed by atoms with Crippen molar-refractivity contribution in [1.29, 1.82) is 0 Å². The molecular weight excluding hydrogens is 544 g/mol. The lowest BCUT2D eigenvalue weighted by Gasteiger charge is -2.63. The minimum atomic E-state index is -1.08. The van der Waals surface area contributed by atoms with Crippen LogP contribution in [0.5, 0.6) is 0 Å². The molecule has 3 N–H and O–H groups in total. The molecule has 1 saturated heterocycles. The van der Waals surface area contributed by atoms with Gasteiger partial charge in [-0.2, -0.15) is 0 Å². The molecule has 10 nitrogen and oxygen atoms in total. The summed E-state index contributed by atoms with van der Waals surface area (Å²) >= 11 is 0. The van der Waals surface area contributed by atoms with E-state index in [0.29, 0.717) is 18.3 Å². The first-order valence-corrected chi connectivity index (χ1v) is 15.8. The van der Waals surface area contributed by atoms with Crippen LogP contribution in [0.1, 0.15) is 79.1 Å². The third-order valence-electron chi connectivity index (χ3n) is 12.6. The molecule has 42 heavy (non-hydrogen) atoms. The van der Waals surface area contributed by atoms with Gasteiger partial charge in [0.15, 0.2) is 6.29 Å². The first-order valence-electron chi connectivity index (χ1n) is 15.8. The van der Waals surface area contributed by atoms with Gasteiger partial charge < -0.3 is 39.0 Å². The highest BCUT2D eigenvalue weighted by Gasteiger charge is 2.71. The van der Waals surface area contributed by atoms with Crippen LogP contribution in [0.15, 0.2) is 11.6 Å². The van der Waals surface area contributed by atoms with Gasteiger partial charge in [-0.25, -0.2) is 4.79 Å². The minimum Gasteiger partial charge on any atom is -0.462 e. The molecular formula is C32H48O10. The molecule has 10 heteroatoms. The summed E-state index contributed by atoms with van der Waals surface area (Å²) in [5.41, 5.74) is -0.720. The second kappa shape index (κ2) is 10.8. The zero-order chi connectivity index (χ0) is 30.2. The molecule has 4 unspecified atom stereocenters. The summed E-state index contributed by atoms with van der Waals surface area (Å²) in [4.78, 5) is 24.2. The van der Waals surface area contributed by atoms with Crippen LogP contribution in [0.2, 0.25) is 0 Å². The molecule has 0 amide bonds. The first-order chi connectivity index (χ1) is 19.8. The van der Waals surface area contributed by atoms with Crippen LogP contribution in [0.4, 0.5) is 0 Å². The van der Waals surface area contributed by atoms with Gasteiger partial charge in [0.1, 0.15) is 31.0 Å². The highest BCUT2D eigenvalue weighted by atomic mass is 16.7. The molecule has 6 aliphatic rings. The number of aliphatic hydroxyl groups excluding tert-OH is 2. The standard InChI is InChI=1S/C32H48O10/c1-16-26(35)28(38-5)27(36)29(40-16)42-20-8-10-30(3)19(13-20)6-7-22-21(30)9-11-31(4)25(18-12-24(34)39-15-18)23(41-17(2)33)14-32(22,31)37/h12,16,19-23,25-29,35-37H,6-11,13-15H2,1-5H3/t16-,19?,20?,21-,22+,23?,25-,26-,27+,28+,29?,30-,31+,32-/m0/s1. The molecule has 4 saturated carbocycles. The third kappa shape index (κ3) is 4.58. The first kappa shape index (κ1) is 30.5. The molecule has 4 aliphatic carbocycles. The summed E-state index contributed by atoms with van der Waals surface area (Å²) < 4.78 is 28.7. The van der Waals surface area contributed by atoms with Crippen molar-refractivity contribution in [1.82, 2.24) is 0 Å². The summed E-state index contributed by atoms with van der Waals surface area (Å²) in [7, 11) is 1.47. The SMILES string of the molecule is CO[C@@H]1[C@@H](O)[C@H](C)OC(OC2CC[C@@]3(C)C(CC[C@@H]4[C@@H]3CC[C@]3(C)[C@@H](C5=CC(=O)OC5)C(OC(C)=O)C[C@]43O)C2)[C@@H]1O. The fourth-order valence-corrected chi connectivity index (χ4v) is 10.4. The van der Waals surface area contributed by atoms with Crippen molar-refractivity contribution in [2.75, 3.05) is 13.7 Å². The molecule has 0 spiro atoms. The predicted molar refractivity (Wildman–Crippen MR) is 149 cm³/mol. The maximum absolute atomic E-state index is 12.7. The highest BCUT2D eigenvalue weighted by molar-refractivity contribution is 5.85. The van der Waals surface area contributed by atoms with Gasteiger partial charge in [0.2, 0.25) is 0 Å². The summed E-state index contributed by atoms with van der Waals surface area (Å²) in [6.45, 7) is 7.85. The van der Waals surface area contributed by atoms with Crippen LogP contribution in [0, 0.1) is 34.5 Å². The maximum Gasteiger partial charge on any atom is 0.331 e. The number of aliphatic hydroxyl groups is 3. The molecule has 14 atom stereocenters. The van der Waals surface area contributed by atoms with Crippen LogP contribution >= 0.6 is 0 Å². The van der Waals surface area contributed by atoms with Crippen molar-refractivity contribution < 1.29 is 48.6 Å². The van der Waals surface area contributed by atoms with Gasteiger partial charge in [0, 0.05) is 37.9 Å². The van der Waals surface area contributed by atoms with Gasteiger partial charge in [-0.1, -0.05) is 13.8 Å². The van der Waals surface area contributed by atoms with Gasteiger partial charge in [-0.05, 0) is 80.6 Å². The molecule has 0 aromatic heterocycles. The third-order valence-corrected chi connectivity index (χ3v) is 12.6. The maximum atomic E-state index is 12.7. The zero-order valence-electron chi connectivity index (χ0n) is 25.5. The largest absolute Gasteiger partial charge is 0.462 e. The minimum absolute atomic E-state index is 0.0190. The number of esters is 2. The lowest BCUT2D eigenvalue weighted by Crippen LogP contribution is -2.62. The monoisotopic (exact) mass is 592 g/mol. The number of cyclic esters (lactones) is 1. The highest BCUT2D eigenvalue weighted by Crippen LogP contribution is 2.70. The van der Waals surface area contributed by atoms with E-state index < -0.39 is 47.8 Å². The number of hydrogen-bond acceptors (Lipinski definition) is 10. The fourth-order valence-electron chi connectivity index (χ4n) is 10.4. The Morgan fingerprint density at radius 3 is 2.50 bits per heavy atom. The van der Waals surface area contributed by atoms with Gasteiger partial charge in [0.25, 0.3) is 0 Å². The van der Waals surface area contributed by atoms with Crippen molar-refractivity contribution in [3.8, 4) is 0 Å². The van der Waals surface area contributed by atoms with E-state index in [1.165, 1.54) is 20.1 Å². The Morgan fingerprint density at radius 1 is 1.07 bits per heavy atom. The number of rotatable bonds is 5. The quantitative estimate of drug-likeness (QED) is 0.322. The number of carbonyl (C=O) groups is 2. The lowest BCUT2D eigenvalue weighted by molar-refractivity contribution is -0.313. The van der Waals surface area contributed by atoms with Crippen LogP contribution in [-0.2, 0) is 33.3 Å². The molecule has 0 aromatic carbocycles. The number of ether oxygens (including phenoxy) is 5. The van der Waals surface area contributed by atoms with E-state index in [9.17, 15) is 24.9 Å². The van der Waals surface area contributed by atoms with Crippen molar-refractivity contribution in [3.05, 3.63) is 11.6 Å². The van der Waals surface area contributed by atoms with Crippen LogP contribution in [-0.4, -0.2) is 89.5 Å². The van der Waals surface area contributed by atoms with E-state index in [0.717, 1.165) is 50.5 Å². The number of hydrogen-bond donors (Lipinski definition) is 3. The number of fused-ring (bicyclic) bond motifs is 5. The topological polar surface area (TPSA) is 141 Å². The van der Waals surface area contributed by atoms with E-state index in [-0.39, 0.29) is 41.9 Å². The van der Waals surface area contributed by atoms with Crippen LogP contribution in [0.3, 0.4) is 0 Å². The Balaban J connectivity index is 1.20. The van der Waals surface area contributed by atoms with E-state index in [1.54, 1.807) is 6.92 Å². The van der Waals surface area contributed by atoms with Crippen molar-refractivity contribution in [2.45, 2.75) is 128 Å². The summed E-state index contributed by atoms with van der Waals surface area (Å²) in [5.74, 6) is -0.234. The second-order valence-corrected chi connectivity index (χ2v) is 14.5. The Bertz CT molecular complexity index is 1110. The van der Waals surface area contributed by atoms with Crippen molar-refractivity contribution in [2.24, 2.45) is 34.5 Å². The number of methoxy groups -OCH3 is 1. The van der Waals surface area contributed by atoms with Gasteiger partial charge in [0.05, 0.1) is 17.8 Å². The van der Waals surface area contributed by atoms with Gasteiger partial charge >= 0.3 is 11.9 Å². The van der Waals surface area contributed by atoms with E-state index >= 15 is 0 Å². The fraction of sp³-hybridized carbons (Fsp3) is 0.875.